The van der Waals surface area contributed by atoms with Gasteiger partial charge in [0.15, 0.2) is 0 Å². The summed E-state index contributed by atoms with van der Waals surface area (Å²) in [6.45, 7) is 3.55. The van der Waals surface area contributed by atoms with E-state index in [1.807, 2.05) is 31.2 Å². The van der Waals surface area contributed by atoms with E-state index in [9.17, 15) is 14.4 Å². The second-order valence-electron chi connectivity index (χ2n) is 8.33. The summed E-state index contributed by atoms with van der Waals surface area (Å²) in [6, 6.07) is 7.70. The summed E-state index contributed by atoms with van der Waals surface area (Å²) in [5.41, 5.74) is 1.82. The van der Waals surface area contributed by atoms with Crippen LogP contribution in [0.1, 0.15) is 25.8 Å². The van der Waals surface area contributed by atoms with Crippen LogP contribution in [-0.4, -0.2) is 29.3 Å². The van der Waals surface area contributed by atoms with E-state index in [1.54, 1.807) is 4.90 Å². The molecule has 1 heterocycles. The standard InChI is InChI=1S/C22H24N2O3/c1-3-13-6-4-5-7-18(13)23(12(2)25)11-24-21(26)19-14-8-9-15(17-10-16(14)17)20(19)22(24)27/h4-9,14-17,19-20H,3,10-11H2,1-2H3/t14-,15+,16-,17-,19+,20-/m1/s1. The molecule has 1 saturated heterocycles. The largest absolute Gasteiger partial charge is 0.294 e. The molecule has 5 aliphatic rings. The summed E-state index contributed by atoms with van der Waals surface area (Å²) in [4.78, 5) is 41.7. The molecule has 0 aromatic heterocycles. The van der Waals surface area contributed by atoms with Crippen molar-refractivity contribution in [1.82, 2.24) is 4.90 Å². The molecule has 1 aromatic carbocycles. The van der Waals surface area contributed by atoms with Gasteiger partial charge in [0.1, 0.15) is 6.67 Å². The lowest BCUT2D eigenvalue weighted by Gasteiger charge is -2.37. The van der Waals surface area contributed by atoms with Gasteiger partial charge in [0.2, 0.25) is 17.7 Å². The molecule has 6 rings (SSSR count). The zero-order chi connectivity index (χ0) is 18.9. The Bertz CT molecular complexity index is 840. The van der Waals surface area contributed by atoms with Crippen molar-refractivity contribution in [3.05, 3.63) is 42.0 Å². The van der Waals surface area contributed by atoms with E-state index in [0.717, 1.165) is 24.1 Å². The predicted octanol–water partition coefficient (Wildman–Crippen LogP) is 2.61. The zero-order valence-electron chi connectivity index (χ0n) is 15.7. The van der Waals surface area contributed by atoms with Gasteiger partial charge in [0.25, 0.3) is 0 Å². The summed E-state index contributed by atoms with van der Waals surface area (Å²) in [5, 5.41) is 0. The van der Waals surface area contributed by atoms with Gasteiger partial charge in [-0.15, -0.1) is 0 Å². The molecule has 1 aliphatic heterocycles. The van der Waals surface area contributed by atoms with Crippen LogP contribution in [0.2, 0.25) is 0 Å². The van der Waals surface area contributed by atoms with Crippen molar-refractivity contribution in [2.75, 3.05) is 11.6 Å². The molecule has 0 radical (unpaired) electrons. The molecular weight excluding hydrogens is 340 g/mol. The molecule has 1 aromatic rings. The fourth-order valence-corrected chi connectivity index (χ4v) is 5.72. The highest BCUT2D eigenvalue weighted by Gasteiger charge is 2.67. The third-order valence-corrected chi connectivity index (χ3v) is 7.08. The smallest absolute Gasteiger partial charge is 0.235 e. The summed E-state index contributed by atoms with van der Waals surface area (Å²) in [6.07, 6.45) is 6.28. The molecular formula is C22H24N2O3. The van der Waals surface area contributed by atoms with Crippen molar-refractivity contribution in [2.24, 2.45) is 35.5 Å². The van der Waals surface area contributed by atoms with Crippen LogP contribution >= 0.6 is 0 Å². The lowest BCUT2D eigenvalue weighted by Crippen LogP contribution is -2.44. The summed E-state index contributed by atoms with van der Waals surface area (Å²) < 4.78 is 0. The van der Waals surface area contributed by atoms with Crippen LogP contribution in [0, 0.1) is 35.5 Å². The Balaban J connectivity index is 1.46. The maximum absolute atomic E-state index is 13.2. The maximum atomic E-state index is 13.2. The third kappa shape index (κ3) is 2.27. The lowest BCUT2D eigenvalue weighted by molar-refractivity contribution is -0.140. The maximum Gasteiger partial charge on any atom is 0.235 e. The van der Waals surface area contributed by atoms with Crippen LogP contribution in [0.15, 0.2) is 36.4 Å². The van der Waals surface area contributed by atoms with Gasteiger partial charge in [-0.25, -0.2) is 0 Å². The van der Waals surface area contributed by atoms with Gasteiger partial charge in [-0.1, -0.05) is 37.3 Å². The molecule has 5 nitrogen and oxygen atoms in total. The third-order valence-electron chi connectivity index (χ3n) is 7.08. The first-order valence-electron chi connectivity index (χ1n) is 9.92. The molecule has 27 heavy (non-hydrogen) atoms. The number of benzene rings is 1. The van der Waals surface area contributed by atoms with E-state index in [0.29, 0.717) is 11.8 Å². The Morgan fingerprint density at radius 1 is 1.07 bits per heavy atom. The number of hydrogen-bond acceptors (Lipinski definition) is 3. The van der Waals surface area contributed by atoms with Crippen LogP contribution in [0.4, 0.5) is 5.69 Å². The minimum absolute atomic E-state index is 0.0196. The molecule has 0 N–H and O–H groups in total. The Morgan fingerprint density at radius 3 is 2.22 bits per heavy atom. The molecule has 6 atom stereocenters. The summed E-state index contributed by atoms with van der Waals surface area (Å²) in [5.74, 6) is 0.823. The average molecular weight is 364 g/mol. The SMILES string of the molecule is CCc1ccccc1N(CN1C(=O)[C@@H]2[C@H]3C=C[C@H]([C@H]4C[C@H]34)[C@@H]2C1=O)C(C)=O. The normalized spacial score (nSPS) is 35.3. The van der Waals surface area contributed by atoms with E-state index in [1.165, 1.54) is 11.8 Å². The highest BCUT2D eigenvalue weighted by molar-refractivity contribution is 6.07. The van der Waals surface area contributed by atoms with Crippen molar-refractivity contribution in [3.8, 4) is 0 Å². The first kappa shape index (κ1) is 16.7. The number of amides is 3. The molecule has 3 amide bonds. The Labute approximate surface area is 159 Å². The number of allylic oxidation sites excluding steroid dienone is 2. The van der Waals surface area contributed by atoms with Gasteiger partial charge in [-0.3, -0.25) is 24.2 Å². The zero-order valence-corrected chi connectivity index (χ0v) is 15.7. The number of aryl methyl sites for hydroxylation is 1. The molecule has 4 aliphatic carbocycles. The monoisotopic (exact) mass is 364 g/mol. The van der Waals surface area contributed by atoms with Gasteiger partial charge in [0, 0.05) is 12.6 Å². The van der Waals surface area contributed by atoms with Gasteiger partial charge >= 0.3 is 0 Å². The topological polar surface area (TPSA) is 57.7 Å². The number of anilines is 1. The minimum Gasteiger partial charge on any atom is -0.294 e. The summed E-state index contributed by atoms with van der Waals surface area (Å²) >= 11 is 0. The number of rotatable bonds is 4. The van der Waals surface area contributed by atoms with Crippen molar-refractivity contribution in [1.29, 1.82) is 0 Å². The van der Waals surface area contributed by atoms with E-state index in [4.69, 9.17) is 0 Å². The first-order valence-corrected chi connectivity index (χ1v) is 9.92. The number of imide groups is 1. The van der Waals surface area contributed by atoms with Crippen molar-refractivity contribution >= 4 is 23.4 Å². The molecule has 2 saturated carbocycles. The first-order chi connectivity index (χ1) is 13.0. The molecule has 3 fully saturated rings. The Kier molecular flexibility index (Phi) is 3.58. The quantitative estimate of drug-likeness (QED) is 0.610. The van der Waals surface area contributed by atoms with E-state index in [2.05, 4.69) is 12.2 Å². The van der Waals surface area contributed by atoms with Crippen LogP contribution < -0.4 is 4.90 Å². The number of carbonyl (C=O) groups excluding carboxylic acids is 3. The molecule has 2 bridgehead atoms. The van der Waals surface area contributed by atoms with Crippen molar-refractivity contribution in [2.45, 2.75) is 26.7 Å². The highest BCUT2D eigenvalue weighted by atomic mass is 16.2. The second-order valence-corrected chi connectivity index (χ2v) is 8.33. The van der Waals surface area contributed by atoms with Crippen LogP contribution in [0.25, 0.3) is 0 Å². The molecule has 140 valence electrons. The van der Waals surface area contributed by atoms with E-state index >= 15 is 0 Å². The van der Waals surface area contributed by atoms with Gasteiger partial charge < -0.3 is 0 Å². The molecule has 0 spiro atoms. The molecule has 5 heteroatoms. The second kappa shape index (κ2) is 5.78. The number of para-hydroxylation sites is 1. The van der Waals surface area contributed by atoms with Gasteiger partial charge in [-0.05, 0) is 48.1 Å². The van der Waals surface area contributed by atoms with E-state index < -0.39 is 0 Å². The highest BCUT2D eigenvalue weighted by Crippen LogP contribution is 2.65. The number of carbonyl (C=O) groups is 3. The van der Waals surface area contributed by atoms with E-state index in [-0.39, 0.29) is 48.1 Å². The number of likely N-dealkylation sites (tertiary alicyclic amines) is 1. The average Bonchev–Trinajstić information content (AvgIpc) is 3.45. The van der Waals surface area contributed by atoms with Gasteiger partial charge in [-0.2, -0.15) is 0 Å². The van der Waals surface area contributed by atoms with Crippen molar-refractivity contribution < 1.29 is 14.4 Å². The minimum atomic E-state index is -0.216. The Hall–Kier alpha value is -2.43. The lowest BCUT2D eigenvalue weighted by atomic mass is 9.63. The fraction of sp³-hybridized carbons (Fsp3) is 0.500. The number of hydrogen-bond donors (Lipinski definition) is 0. The Morgan fingerprint density at radius 2 is 1.67 bits per heavy atom. The summed E-state index contributed by atoms with van der Waals surface area (Å²) in [7, 11) is 0. The molecule has 0 unspecified atom stereocenters. The van der Waals surface area contributed by atoms with Crippen molar-refractivity contribution in [3.63, 3.8) is 0 Å². The fourth-order valence-electron chi connectivity index (χ4n) is 5.72. The van der Waals surface area contributed by atoms with Crippen LogP contribution in [0.5, 0.6) is 0 Å². The van der Waals surface area contributed by atoms with Crippen LogP contribution in [-0.2, 0) is 20.8 Å². The van der Waals surface area contributed by atoms with Crippen LogP contribution in [0.3, 0.4) is 0 Å². The predicted molar refractivity (Wildman–Crippen MR) is 100 cm³/mol. The number of nitrogens with zero attached hydrogens (tertiary/aromatic N) is 2. The van der Waals surface area contributed by atoms with Gasteiger partial charge in [0.05, 0.1) is 11.8 Å².